The number of H-pyrrole nitrogens is 2. The molecule has 6 nitrogen and oxygen atoms in total. The SMILES string of the molecule is CCN(CC)CCOc1cccc(Nc2cnc3[nH+]c[nH]c3c2)c1. The highest BCUT2D eigenvalue weighted by molar-refractivity contribution is 5.73. The van der Waals surface area contributed by atoms with Crippen LogP contribution in [-0.4, -0.2) is 41.1 Å². The van der Waals surface area contributed by atoms with E-state index in [1.165, 1.54) is 0 Å². The summed E-state index contributed by atoms with van der Waals surface area (Å²) >= 11 is 0. The normalized spacial score (nSPS) is 11.1. The summed E-state index contributed by atoms with van der Waals surface area (Å²) in [5.74, 6) is 0.870. The van der Waals surface area contributed by atoms with E-state index in [9.17, 15) is 0 Å². The van der Waals surface area contributed by atoms with Gasteiger partial charge in [-0.3, -0.25) is 4.98 Å². The Labute approximate surface area is 141 Å². The molecule has 0 fully saturated rings. The van der Waals surface area contributed by atoms with E-state index in [0.29, 0.717) is 6.61 Å². The van der Waals surface area contributed by atoms with E-state index in [1.807, 2.05) is 30.3 Å². The van der Waals surface area contributed by atoms with Crippen molar-refractivity contribution < 1.29 is 9.72 Å². The van der Waals surface area contributed by atoms with Crippen LogP contribution in [0.1, 0.15) is 13.8 Å². The second kappa shape index (κ2) is 7.79. The maximum absolute atomic E-state index is 5.87. The molecule has 6 heteroatoms. The molecule has 2 heterocycles. The maximum Gasteiger partial charge on any atom is 0.299 e. The molecule has 0 amide bonds. The van der Waals surface area contributed by atoms with Crippen LogP contribution in [0.3, 0.4) is 0 Å². The molecular formula is C18H24N5O+. The zero-order chi connectivity index (χ0) is 16.8. The molecule has 0 aliphatic rings. The fourth-order valence-corrected chi connectivity index (χ4v) is 2.60. The Morgan fingerprint density at radius 1 is 1.21 bits per heavy atom. The minimum atomic E-state index is 0.691. The van der Waals surface area contributed by atoms with Gasteiger partial charge in [0, 0.05) is 24.4 Å². The number of pyridine rings is 1. The van der Waals surface area contributed by atoms with Crippen LogP contribution >= 0.6 is 0 Å². The molecule has 0 unspecified atom stereocenters. The summed E-state index contributed by atoms with van der Waals surface area (Å²) in [6, 6.07) is 10.0. The lowest BCUT2D eigenvalue weighted by Crippen LogP contribution is -2.27. The molecule has 3 aromatic rings. The second-order valence-electron chi connectivity index (χ2n) is 5.58. The summed E-state index contributed by atoms with van der Waals surface area (Å²) in [7, 11) is 0. The predicted octanol–water partition coefficient (Wildman–Crippen LogP) is 2.84. The van der Waals surface area contributed by atoms with Gasteiger partial charge in [0.25, 0.3) is 5.65 Å². The number of nitrogens with one attached hydrogen (secondary N) is 3. The van der Waals surface area contributed by atoms with E-state index >= 15 is 0 Å². The number of hydrogen-bond acceptors (Lipinski definition) is 4. The molecule has 24 heavy (non-hydrogen) atoms. The van der Waals surface area contributed by atoms with Gasteiger partial charge in [-0.15, -0.1) is 4.98 Å². The molecule has 0 aliphatic heterocycles. The molecule has 126 valence electrons. The number of nitrogens with zero attached hydrogens (tertiary/aromatic N) is 2. The van der Waals surface area contributed by atoms with Crippen molar-refractivity contribution in [2.75, 3.05) is 31.6 Å². The summed E-state index contributed by atoms with van der Waals surface area (Å²) in [6.07, 6.45) is 3.58. The van der Waals surface area contributed by atoms with Crippen molar-refractivity contribution >= 4 is 22.5 Å². The summed E-state index contributed by atoms with van der Waals surface area (Å²) < 4.78 is 5.87. The molecule has 3 N–H and O–H groups in total. The monoisotopic (exact) mass is 326 g/mol. The van der Waals surface area contributed by atoms with Gasteiger partial charge >= 0.3 is 0 Å². The minimum Gasteiger partial charge on any atom is -0.492 e. The molecule has 0 saturated heterocycles. The molecule has 0 saturated carbocycles. The van der Waals surface area contributed by atoms with Gasteiger partial charge in [0.1, 0.15) is 18.6 Å². The Balaban J connectivity index is 1.62. The van der Waals surface area contributed by atoms with Crippen molar-refractivity contribution in [2.45, 2.75) is 13.8 Å². The molecule has 0 atom stereocenters. The van der Waals surface area contributed by atoms with Crippen LogP contribution < -0.4 is 15.0 Å². The number of imidazole rings is 1. The third kappa shape index (κ3) is 4.02. The number of fused-ring (bicyclic) bond motifs is 1. The van der Waals surface area contributed by atoms with Crippen molar-refractivity contribution in [3.8, 4) is 5.75 Å². The summed E-state index contributed by atoms with van der Waals surface area (Å²) in [4.78, 5) is 12.9. The Morgan fingerprint density at radius 2 is 2.08 bits per heavy atom. The highest BCUT2D eigenvalue weighted by Gasteiger charge is 2.06. The van der Waals surface area contributed by atoms with Gasteiger partial charge in [0.15, 0.2) is 11.8 Å². The fraction of sp³-hybridized carbons (Fsp3) is 0.333. The van der Waals surface area contributed by atoms with Crippen molar-refractivity contribution in [1.29, 1.82) is 0 Å². The van der Waals surface area contributed by atoms with E-state index in [2.05, 4.69) is 39.0 Å². The highest BCUT2D eigenvalue weighted by Crippen LogP contribution is 2.22. The first kappa shape index (κ1) is 16.3. The summed E-state index contributed by atoms with van der Waals surface area (Å²) in [5.41, 5.74) is 3.71. The molecule has 0 aliphatic carbocycles. The standard InChI is InChI=1S/C18H23N5O/c1-3-23(4-2)8-9-24-16-7-5-6-14(10-16)22-15-11-17-18(19-12-15)21-13-20-17/h5-7,10-13,22H,3-4,8-9H2,1-2H3,(H,19,20,21)/p+1. The molecule has 3 rings (SSSR count). The van der Waals surface area contributed by atoms with Gasteiger partial charge in [0.05, 0.1) is 5.69 Å². The summed E-state index contributed by atoms with van der Waals surface area (Å²) in [6.45, 7) is 8.06. The van der Waals surface area contributed by atoms with E-state index in [4.69, 9.17) is 4.74 Å². The Bertz CT molecular complexity index is 782. The van der Waals surface area contributed by atoms with Crippen LogP contribution in [0.5, 0.6) is 5.75 Å². The highest BCUT2D eigenvalue weighted by atomic mass is 16.5. The largest absolute Gasteiger partial charge is 0.492 e. The van der Waals surface area contributed by atoms with Gasteiger partial charge < -0.3 is 15.0 Å². The van der Waals surface area contributed by atoms with Crippen molar-refractivity contribution in [1.82, 2.24) is 14.9 Å². The topological polar surface area (TPSA) is 67.3 Å². The second-order valence-corrected chi connectivity index (χ2v) is 5.58. The van der Waals surface area contributed by atoms with Crippen LogP contribution in [0.25, 0.3) is 11.2 Å². The van der Waals surface area contributed by atoms with E-state index in [1.54, 1.807) is 12.5 Å². The van der Waals surface area contributed by atoms with Crippen LogP contribution in [0, 0.1) is 0 Å². The lowest BCUT2D eigenvalue weighted by molar-refractivity contribution is -0.347. The van der Waals surface area contributed by atoms with Crippen LogP contribution in [0.15, 0.2) is 42.9 Å². The smallest absolute Gasteiger partial charge is 0.299 e. The number of aromatic amines is 2. The number of rotatable bonds is 8. The average Bonchev–Trinajstić information content (AvgIpc) is 3.07. The molecule has 0 spiro atoms. The number of anilines is 2. The van der Waals surface area contributed by atoms with Crippen molar-refractivity contribution in [3.63, 3.8) is 0 Å². The average molecular weight is 326 g/mol. The van der Waals surface area contributed by atoms with Gasteiger partial charge in [-0.25, -0.2) is 4.98 Å². The lowest BCUT2D eigenvalue weighted by Gasteiger charge is -2.18. The van der Waals surface area contributed by atoms with E-state index in [-0.39, 0.29) is 0 Å². The van der Waals surface area contributed by atoms with Gasteiger partial charge in [-0.2, -0.15) is 0 Å². The van der Waals surface area contributed by atoms with Crippen molar-refractivity contribution in [2.24, 2.45) is 0 Å². The number of ether oxygens (including phenoxy) is 1. The van der Waals surface area contributed by atoms with Crippen LogP contribution in [-0.2, 0) is 0 Å². The zero-order valence-corrected chi connectivity index (χ0v) is 14.2. The molecule has 0 bridgehead atoms. The summed E-state index contributed by atoms with van der Waals surface area (Å²) in [5, 5.41) is 3.36. The predicted molar refractivity (Wildman–Crippen MR) is 95.7 cm³/mol. The van der Waals surface area contributed by atoms with Gasteiger partial charge in [-0.05, 0) is 25.2 Å². The first-order chi connectivity index (χ1) is 11.8. The first-order valence-corrected chi connectivity index (χ1v) is 8.35. The third-order valence-corrected chi connectivity index (χ3v) is 4.02. The zero-order valence-electron chi connectivity index (χ0n) is 14.2. The number of likely N-dealkylation sites (N-methyl/N-ethyl adjacent to an activating group) is 1. The number of aromatic nitrogens is 3. The molecule has 2 aromatic heterocycles. The maximum atomic E-state index is 5.87. The third-order valence-electron chi connectivity index (χ3n) is 4.02. The molecule has 1 aromatic carbocycles. The van der Waals surface area contributed by atoms with Crippen LogP contribution in [0.2, 0.25) is 0 Å². The Morgan fingerprint density at radius 3 is 2.92 bits per heavy atom. The Hall–Kier alpha value is -2.60. The quantitative estimate of drug-likeness (QED) is 0.668. The van der Waals surface area contributed by atoms with Gasteiger partial charge in [-0.1, -0.05) is 19.9 Å². The van der Waals surface area contributed by atoms with E-state index in [0.717, 1.165) is 47.9 Å². The number of hydrogen-bond donors (Lipinski definition) is 2. The molecular weight excluding hydrogens is 302 g/mol. The number of benzene rings is 1. The minimum absolute atomic E-state index is 0.691. The first-order valence-electron chi connectivity index (χ1n) is 8.35. The molecule has 0 radical (unpaired) electrons. The van der Waals surface area contributed by atoms with E-state index < -0.39 is 0 Å². The lowest BCUT2D eigenvalue weighted by atomic mass is 10.3. The van der Waals surface area contributed by atoms with Crippen LogP contribution in [0.4, 0.5) is 11.4 Å². The van der Waals surface area contributed by atoms with Crippen molar-refractivity contribution in [3.05, 3.63) is 42.9 Å². The van der Waals surface area contributed by atoms with Gasteiger partial charge in [0.2, 0.25) is 0 Å². The Kier molecular flexibility index (Phi) is 5.28. The fourth-order valence-electron chi connectivity index (χ4n) is 2.60.